The van der Waals surface area contributed by atoms with Crippen LogP contribution in [0.3, 0.4) is 0 Å². The van der Waals surface area contributed by atoms with E-state index < -0.39 is 0 Å². The summed E-state index contributed by atoms with van der Waals surface area (Å²) >= 11 is 0. The minimum absolute atomic E-state index is 0.372. The van der Waals surface area contributed by atoms with Crippen molar-refractivity contribution in [3.8, 4) is 57.5 Å². The highest BCUT2D eigenvalue weighted by atomic mass is 19.1. The van der Waals surface area contributed by atoms with Crippen molar-refractivity contribution in [3.63, 3.8) is 0 Å². The summed E-state index contributed by atoms with van der Waals surface area (Å²) in [4.78, 5) is 0. The fourth-order valence-electron chi connectivity index (χ4n) is 10.4. The van der Waals surface area contributed by atoms with Crippen LogP contribution < -0.4 is 47.4 Å². The average Bonchev–Trinajstić information content (AvgIpc) is 1.06. The van der Waals surface area contributed by atoms with Gasteiger partial charge >= 0.3 is 0 Å². The summed E-state index contributed by atoms with van der Waals surface area (Å²) in [5.41, 5.74) is 10.4. The van der Waals surface area contributed by atoms with Gasteiger partial charge in [-0.25, -0.2) is 0 Å². The molecule has 0 amide bonds. The van der Waals surface area contributed by atoms with Crippen molar-refractivity contribution in [1.29, 1.82) is 0 Å². The van der Waals surface area contributed by atoms with Gasteiger partial charge < -0.3 is 47.4 Å². The molecule has 0 unspecified atom stereocenters. The zero-order valence-electron chi connectivity index (χ0n) is 58.2. The molecule has 0 saturated carbocycles. The number of halogens is 2. The predicted octanol–water partition coefficient (Wildman–Crippen LogP) is 21.4. The molecule has 0 fully saturated rings. The molecule has 10 aliphatic rings. The van der Waals surface area contributed by atoms with Crippen molar-refractivity contribution < 1.29 is 56.1 Å². The maximum absolute atomic E-state index is 11.0. The maximum atomic E-state index is 11.0. The van der Waals surface area contributed by atoms with E-state index in [-0.39, 0.29) is 13.3 Å². The second-order valence-corrected chi connectivity index (χ2v) is 24.3. The lowest BCUT2D eigenvalue weighted by molar-refractivity contribution is 0.292. The van der Waals surface area contributed by atoms with Gasteiger partial charge in [0.05, 0.1) is 79.4 Å². The first-order valence-corrected chi connectivity index (χ1v) is 35.8. The molecule has 5 aromatic rings. The Morgan fingerprint density at radius 2 is 0.308 bits per heavy atom. The van der Waals surface area contributed by atoms with E-state index in [0.717, 1.165) is 242 Å². The van der Waals surface area contributed by atoms with Gasteiger partial charge in [-0.1, -0.05) is 133 Å². The monoisotopic (exact) mass is 1260 g/mol. The Kier molecular flexibility index (Phi) is 37.7. The molecule has 0 radical (unpaired) electrons. The van der Waals surface area contributed by atoms with Gasteiger partial charge in [-0.05, 0) is 138 Å². The van der Waals surface area contributed by atoms with Crippen LogP contribution in [0.1, 0.15) is 266 Å². The van der Waals surface area contributed by atoms with Crippen LogP contribution >= 0.6 is 0 Å². The van der Waals surface area contributed by atoms with Crippen molar-refractivity contribution >= 4 is 0 Å². The molecule has 10 aliphatic carbocycles. The highest BCUT2D eigenvalue weighted by Gasteiger charge is 2.25. The molecule has 0 N–H and O–H groups in total. The molecule has 5 aromatic carbocycles. The lowest BCUT2D eigenvalue weighted by atomic mass is 9.94. The van der Waals surface area contributed by atoms with E-state index in [1.165, 1.54) is 0 Å². The number of alkyl halides is 2. The van der Waals surface area contributed by atoms with Crippen molar-refractivity contribution in [2.75, 3.05) is 79.4 Å². The number of rotatable bonds is 43. The van der Waals surface area contributed by atoms with Gasteiger partial charge in [0.1, 0.15) is 57.5 Å². The highest BCUT2D eigenvalue weighted by Crippen LogP contribution is 2.44. The lowest BCUT2D eigenvalue weighted by Crippen LogP contribution is -2.09. The van der Waals surface area contributed by atoms with E-state index in [2.05, 4.69) is 130 Å². The number of benzene rings is 5. The first kappa shape index (κ1) is 75.7. The van der Waals surface area contributed by atoms with Crippen LogP contribution in [0, 0.1) is 0 Å². The first-order valence-electron chi connectivity index (χ1n) is 35.8. The van der Waals surface area contributed by atoms with Gasteiger partial charge in [-0.15, -0.1) is 0 Å². The molecule has 0 heterocycles. The molecule has 0 aromatic heterocycles. The van der Waals surface area contributed by atoms with Crippen LogP contribution in [0.2, 0.25) is 0 Å². The van der Waals surface area contributed by atoms with Gasteiger partial charge in [0.25, 0.3) is 0 Å². The normalized spacial score (nSPS) is 11.9. The summed E-state index contributed by atoms with van der Waals surface area (Å²) in [7, 11) is 0. The van der Waals surface area contributed by atoms with E-state index in [0.29, 0.717) is 111 Å². The molecule has 0 atom stereocenters. The van der Waals surface area contributed by atoms with Crippen molar-refractivity contribution in [3.05, 3.63) is 116 Å². The first-order chi connectivity index (χ1) is 44.6. The van der Waals surface area contributed by atoms with E-state index in [4.69, 9.17) is 47.4 Å². The standard InChI is InChI=1S/C75H110O10.C4H8F2/c1-11-21-31-76-66-46-57-42-59-49-71(81-36-26-16-6)61(51-70(59)80-35-25-15-5)44-63-53-75(85-40-30-20-10)65(55-74(63)84-39-29-19-9)45-64-54-72(82-37-27-17-7)62(52-73(64)83-38-28-18-8)43-60-50-68(78-33-23-13-3)58(48-69(60)79-34-24-14-4)41-56(66)47-67(57)77-32-22-12-2;5-3-1-2-4-6/h46-55H,11-45H2,1-10H3;1-4H2. The largest absolute Gasteiger partial charge is 0.493 e. The summed E-state index contributed by atoms with van der Waals surface area (Å²) in [6.45, 7) is 27.3. The minimum atomic E-state index is -0.385. The van der Waals surface area contributed by atoms with Crippen molar-refractivity contribution in [1.82, 2.24) is 0 Å². The molecule has 91 heavy (non-hydrogen) atoms. The van der Waals surface area contributed by atoms with Gasteiger partial charge in [-0.2, -0.15) is 0 Å². The summed E-state index contributed by atoms with van der Waals surface area (Å²) in [6.07, 6.45) is 23.1. The molecule has 12 heteroatoms. The zero-order chi connectivity index (χ0) is 65.3. The molecule has 10 nitrogen and oxygen atoms in total. The molecule has 0 spiro atoms. The second-order valence-electron chi connectivity index (χ2n) is 24.3. The van der Waals surface area contributed by atoms with Crippen molar-refractivity contribution in [2.24, 2.45) is 0 Å². The smallest absolute Gasteiger partial charge is 0.123 e. The van der Waals surface area contributed by atoms with Gasteiger partial charge in [0, 0.05) is 87.7 Å². The van der Waals surface area contributed by atoms with Crippen LogP contribution in [-0.4, -0.2) is 79.4 Å². The molecule has 15 rings (SSSR count). The van der Waals surface area contributed by atoms with E-state index >= 15 is 0 Å². The van der Waals surface area contributed by atoms with Crippen LogP contribution in [0.15, 0.2) is 60.7 Å². The van der Waals surface area contributed by atoms with Gasteiger partial charge in [-0.3, -0.25) is 8.78 Å². The molecular weight excluding hydrogens is 1150 g/mol. The van der Waals surface area contributed by atoms with Gasteiger partial charge in [0.2, 0.25) is 0 Å². The van der Waals surface area contributed by atoms with E-state index in [1.807, 2.05) is 0 Å². The Labute approximate surface area is 549 Å². The summed E-state index contributed by atoms with van der Waals surface area (Å²) in [5, 5.41) is 0. The Morgan fingerprint density at radius 3 is 0.396 bits per heavy atom. The number of hydrogen-bond acceptors (Lipinski definition) is 10. The number of unbranched alkanes of at least 4 members (excludes halogenated alkanes) is 11. The third-order valence-electron chi connectivity index (χ3n) is 16.2. The van der Waals surface area contributed by atoms with Crippen LogP contribution in [0.5, 0.6) is 57.5 Å². The topological polar surface area (TPSA) is 92.3 Å². The van der Waals surface area contributed by atoms with Crippen LogP contribution in [0.4, 0.5) is 8.78 Å². The fraction of sp³-hybridized carbons (Fsp3) is 0.620. The Hall–Kier alpha value is -6.04. The maximum Gasteiger partial charge on any atom is 0.123 e. The number of hydrogen-bond donors (Lipinski definition) is 0. The lowest BCUT2D eigenvalue weighted by Gasteiger charge is -2.22. The average molecular weight is 1270 g/mol. The Balaban J connectivity index is 0.00000238. The molecule has 0 aliphatic heterocycles. The van der Waals surface area contributed by atoms with Crippen LogP contribution in [0.25, 0.3) is 0 Å². The molecule has 10 bridgehead atoms. The highest BCUT2D eigenvalue weighted by molar-refractivity contribution is 5.60. The minimum Gasteiger partial charge on any atom is -0.493 e. The second kappa shape index (κ2) is 45.3. The number of ether oxygens (including phenoxy) is 10. The third-order valence-corrected chi connectivity index (χ3v) is 16.2. The summed E-state index contributed by atoms with van der Waals surface area (Å²) in [6, 6.07) is 22.4. The van der Waals surface area contributed by atoms with Crippen molar-refractivity contribution in [2.45, 2.75) is 243 Å². The molecular formula is C79H118F2O10. The Morgan fingerprint density at radius 1 is 0.198 bits per heavy atom. The predicted molar refractivity (Wildman–Crippen MR) is 371 cm³/mol. The Bertz CT molecular complexity index is 2190. The van der Waals surface area contributed by atoms with E-state index in [9.17, 15) is 8.78 Å². The quantitative estimate of drug-likeness (QED) is 0.0345. The van der Waals surface area contributed by atoms with Gasteiger partial charge in [0.15, 0.2) is 0 Å². The summed E-state index contributed by atoms with van der Waals surface area (Å²) < 4.78 is 91.2. The third kappa shape index (κ3) is 26.1. The van der Waals surface area contributed by atoms with Crippen LogP contribution in [-0.2, 0) is 32.1 Å². The molecule has 508 valence electrons. The zero-order valence-corrected chi connectivity index (χ0v) is 58.2. The molecule has 0 saturated heterocycles. The summed E-state index contributed by atoms with van der Waals surface area (Å²) in [5.74, 6) is 8.46. The SMILES string of the molecule is CCCCOc1cc2c(OCCCC)cc1Cc1cc(OCCCC)c(cc1OCCCC)Cc1cc(OCCCC)c(cc1OCCCC)Cc1cc(OCCCC)c(cc1OCCCC)Cc1cc(OCCCC)c(cc1OCCCC)C2.FCCCCF. The fourth-order valence-corrected chi connectivity index (χ4v) is 10.4. The van der Waals surface area contributed by atoms with E-state index in [1.54, 1.807) is 0 Å².